The van der Waals surface area contributed by atoms with E-state index in [4.69, 9.17) is 5.84 Å². The van der Waals surface area contributed by atoms with Gasteiger partial charge in [0.1, 0.15) is 5.82 Å². The number of nitrogens with two attached hydrogens (primary N) is 1. The van der Waals surface area contributed by atoms with Gasteiger partial charge in [-0.1, -0.05) is 19.1 Å². The lowest BCUT2D eigenvalue weighted by Gasteiger charge is -2.26. The second kappa shape index (κ2) is 7.19. The normalized spacial score (nSPS) is 11.1. The summed E-state index contributed by atoms with van der Waals surface area (Å²) in [6.45, 7) is 5.03. The number of rotatable bonds is 7. The quantitative estimate of drug-likeness (QED) is 0.597. The maximum Gasteiger partial charge on any atom is 0.239 e. The molecule has 21 heavy (non-hydrogen) atoms. The van der Waals surface area contributed by atoms with Crippen LogP contribution in [0.15, 0.2) is 24.3 Å². The molecule has 0 aliphatic rings. The summed E-state index contributed by atoms with van der Waals surface area (Å²) in [6, 6.07) is 8.03. The highest BCUT2D eigenvalue weighted by atomic mass is 15.3. The van der Waals surface area contributed by atoms with Crippen LogP contribution in [0.2, 0.25) is 0 Å². The first kappa shape index (κ1) is 15.5. The van der Waals surface area contributed by atoms with Gasteiger partial charge in [-0.25, -0.2) is 10.8 Å². The van der Waals surface area contributed by atoms with E-state index < -0.39 is 0 Å². The van der Waals surface area contributed by atoms with Crippen LogP contribution in [0.25, 0.3) is 10.9 Å². The van der Waals surface area contributed by atoms with Crippen molar-refractivity contribution < 1.29 is 0 Å². The number of hydrogen-bond donors (Lipinski definition) is 2. The third kappa shape index (κ3) is 3.80. The van der Waals surface area contributed by atoms with Crippen molar-refractivity contribution in [3.8, 4) is 0 Å². The zero-order chi connectivity index (χ0) is 15.2. The Morgan fingerprint density at radius 3 is 2.52 bits per heavy atom. The predicted molar refractivity (Wildman–Crippen MR) is 88.4 cm³/mol. The number of anilines is 2. The van der Waals surface area contributed by atoms with Crippen molar-refractivity contribution in [2.45, 2.75) is 13.3 Å². The second-order valence-electron chi connectivity index (χ2n) is 5.32. The van der Waals surface area contributed by atoms with Crippen LogP contribution in [-0.4, -0.2) is 48.6 Å². The summed E-state index contributed by atoms with van der Waals surface area (Å²) in [5.74, 6) is 6.90. The molecule has 1 heterocycles. The maximum absolute atomic E-state index is 5.50. The lowest BCUT2D eigenvalue weighted by Crippen LogP contribution is -2.33. The second-order valence-corrected chi connectivity index (χ2v) is 5.32. The molecule has 0 saturated carbocycles. The molecule has 0 spiro atoms. The minimum absolute atomic E-state index is 0.453. The zero-order valence-corrected chi connectivity index (χ0v) is 13.0. The lowest BCUT2D eigenvalue weighted by atomic mass is 10.2. The molecule has 114 valence electrons. The summed E-state index contributed by atoms with van der Waals surface area (Å²) < 4.78 is 0. The van der Waals surface area contributed by atoms with Crippen molar-refractivity contribution in [3.63, 3.8) is 0 Å². The lowest BCUT2D eigenvalue weighted by molar-refractivity contribution is 0.412. The summed E-state index contributed by atoms with van der Waals surface area (Å²) >= 11 is 0. The Balaban J connectivity index is 2.44. The molecule has 0 aliphatic carbocycles. The number of nitrogen functional groups attached to an aromatic ring is 1. The molecule has 0 atom stereocenters. The molecule has 6 heteroatoms. The summed E-state index contributed by atoms with van der Waals surface area (Å²) in [7, 11) is 4.16. The number of hydrazine groups is 1. The van der Waals surface area contributed by atoms with Crippen LogP contribution in [-0.2, 0) is 0 Å². The Morgan fingerprint density at radius 2 is 1.86 bits per heavy atom. The molecule has 0 bridgehead atoms. The first-order chi connectivity index (χ1) is 10.2. The Morgan fingerprint density at radius 1 is 1.10 bits per heavy atom. The van der Waals surface area contributed by atoms with E-state index in [0.717, 1.165) is 42.8 Å². The minimum Gasteiger partial charge on any atom is -0.355 e. The zero-order valence-electron chi connectivity index (χ0n) is 13.0. The number of nitrogens with zero attached hydrogens (tertiary/aromatic N) is 4. The van der Waals surface area contributed by atoms with Gasteiger partial charge in [-0.2, -0.15) is 4.98 Å². The molecular weight excluding hydrogens is 264 g/mol. The van der Waals surface area contributed by atoms with Gasteiger partial charge in [0.15, 0.2) is 0 Å². The van der Waals surface area contributed by atoms with E-state index in [9.17, 15) is 0 Å². The van der Waals surface area contributed by atoms with Crippen LogP contribution in [0.5, 0.6) is 0 Å². The van der Waals surface area contributed by atoms with Crippen LogP contribution in [0.4, 0.5) is 11.8 Å². The van der Waals surface area contributed by atoms with Crippen molar-refractivity contribution in [3.05, 3.63) is 24.3 Å². The van der Waals surface area contributed by atoms with E-state index in [1.807, 2.05) is 18.2 Å². The van der Waals surface area contributed by atoms with Crippen molar-refractivity contribution in [1.29, 1.82) is 0 Å². The van der Waals surface area contributed by atoms with E-state index >= 15 is 0 Å². The Bertz CT molecular complexity index is 583. The number of hydrogen-bond acceptors (Lipinski definition) is 6. The first-order valence-corrected chi connectivity index (χ1v) is 7.28. The van der Waals surface area contributed by atoms with Crippen molar-refractivity contribution in [1.82, 2.24) is 14.9 Å². The van der Waals surface area contributed by atoms with Gasteiger partial charge in [0, 0.05) is 25.0 Å². The molecule has 2 rings (SSSR count). The van der Waals surface area contributed by atoms with E-state index in [2.05, 4.69) is 52.3 Å². The Labute approximate surface area is 125 Å². The van der Waals surface area contributed by atoms with Crippen molar-refractivity contribution in [2.75, 3.05) is 44.1 Å². The molecule has 2 aromatic rings. The van der Waals surface area contributed by atoms with Crippen LogP contribution in [0, 0.1) is 0 Å². The Hall–Kier alpha value is -1.92. The fourth-order valence-corrected chi connectivity index (χ4v) is 2.28. The van der Waals surface area contributed by atoms with E-state index in [-0.39, 0.29) is 0 Å². The minimum atomic E-state index is 0.453. The van der Waals surface area contributed by atoms with E-state index in [1.54, 1.807) is 0 Å². The monoisotopic (exact) mass is 288 g/mol. The number of benzene rings is 1. The van der Waals surface area contributed by atoms with Crippen LogP contribution in [0.3, 0.4) is 0 Å². The van der Waals surface area contributed by atoms with Gasteiger partial charge >= 0.3 is 0 Å². The molecule has 6 nitrogen and oxygen atoms in total. The van der Waals surface area contributed by atoms with Gasteiger partial charge in [-0.3, -0.25) is 5.43 Å². The van der Waals surface area contributed by atoms with Crippen LogP contribution in [0.1, 0.15) is 13.3 Å². The average Bonchev–Trinajstić information content (AvgIpc) is 2.50. The summed E-state index contributed by atoms with van der Waals surface area (Å²) in [4.78, 5) is 13.5. The van der Waals surface area contributed by atoms with Gasteiger partial charge in [0.25, 0.3) is 0 Å². The maximum atomic E-state index is 5.50. The van der Waals surface area contributed by atoms with Gasteiger partial charge in [0.05, 0.1) is 5.52 Å². The Kier molecular flexibility index (Phi) is 5.30. The molecule has 0 amide bonds. The number of aromatic nitrogens is 2. The number of fused-ring (bicyclic) bond motifs is 1. The molecule has 0 aliphatic heterocycles. The van der Waals surface area contributed by atoms with E-state index in [1.165, 1.54) is 0 Å². The van der Waals surface area contributed by atoms with Crippen molar-refractivity contribution >= 4 is 22.7 Å². The smallest absolute Gasteiger partial charge is 0.239 e. The largest absolute Gasteiger partial charge is 0.355 e. The molecule has 0 radical (unpaired) electrons. The molecular formula is C15H24N6. The third-order valence-corrected chi connectivity index (χ3v) is 3.32. The molecule has 1 aromatic carbocycles. The van der Waals surface area contributed by atoms with Gasteiger partial charge < -0.3 is 9.80 Å². The highest BCUT2D eigenvalue weighted by Crippen LogP contribution is 2.25. The van der Waals surface area contributed by atoms with E-state index in [0.29, 0.717) is 5.95 Å². The molecule has 0 saturated heterocycles. The van der Waals surface area contributed by atoms with Crippen LogP contribution >= 0.6 is 0 Å². The topological polar surface area (TPSA) is 70.3 Å². The molecule has 0 fully saturated rings. The highest BCUT2D eigenvalue weighted by Gasteiger charge is 2.13. The first-order valence-electron chi connectivity index (χ1n) is 7.28. The fourth-order valence-electron chi connectivity index (χ4n) is 2.28. The average molecular weight is 288 g/mol. The predicted octanol–water partition coefficient (Wildman–Crippen LogP) is 1.69. The van der Waals surface area contributed by atoms with Crippen molar-refractivity contribution in [2.24, 2.45) is 5.84 Å². The molecule has 3 N–H and O–H groups in total. The SMILES string of the molecule is CCCN(CCN(C)C)c1nc(NN)nc2ccccc12. The molecule has 0 unspecified atom stereocenters. The highest BCUT2D eigenvalue weighted by molar-refractivity contribution is 5.90. The van der Waals surface area contributed by atoms with Gasteiger partial charge in [-0.05, 0) is 32.6 Å². The third-order valence-electron chi connectivity index (χ3n) is 3.32. The number of nitrogens with one attached hydrogen (secondary N) is 1. The summed E-state index contributed by atoms with van der Waals surface area (Å²) in [5, 5.41) is 1.06. The molecule has 1 aromatic heterocycles. The summed E-state index contributed by atoms with van der Waals surface area (Å²) in [5.41, 5.74) is 3.47. The fraction of sp³-hybridized carbons (Fsp3) is 0.467. The number of para-hydroxylation sites is 1. The standard InChI is InChI=1S/C15H24N6/c1-4-9-21(11-10-20(2)3)14-12-7-5-6-8-13(12)17-15(18-14)19-16/h5-8H,4,9-11,16H2,1-3H3,(H,17,18,19). The number of likely N-dealkylation sites (N-methyl/N-ethyl adjacent to an activating group) is 1. The summed E-state index contributed by atoms with van der Waals surface area (Å²) in [6.07, 6.45) is 1.07. The van der Waals surface area contributed by atoms with Gasteiger partial charge in [0.2, 0.25) is 5.95 Å². The van der Waals surface area contributed by atoms with Gasteiger partial charge in [-0.15, -0.1) is 0 Å². The van der Waals surface area contributed by atoms with Crippen LogP contribution < -0.4 is 16.2 Å².